The van der Waals surface area contributed by atoms with Crippen LogP contribution < -0.4 is 10.6 Å². The molecule has 0 saturated carbocycles. The molecule has 1 aliphatic heterocycles. The van der Waals surface area contributed by atoms with Crippen molar-refractivity contribution in [2.24, 2.45) is 5.92 Å². The maximum absolute atomic E-state index is 12.5. The van der Waals surface area contributed by atoms with Gasteiger partial charge in [-0.15, -0.1) is 5.10 Å². The maximum Gasteiger partial charge on any atom is 0.313 e. The lowest BCUT2D eigenvalue weighted by molar-refractivity contribution is -0.136. The van der Waals surface area contributed by atoms with Crippen LogP contribution in [0.25, 0.3) is 0 Å². The predicted octanol–water partition coefficient (Wildman–Crippen LogP) is 2.42. The molecule has 0 atom stereocenters. The van der Waals surface area contributed by atoms with E-state index in [4.69, 9.17) is 11.6 Å². The highest BCUT2D eigenvalue weighted by Gasteiger charge is 2.26. The normalized spacial score (nSPS) is 14.5. The molecule has 3 amide bonds. The van der Waals surface area contributed by atoms with Gasteiger partial charge in [-0.25, -0.2) is 0 Å². The Morgan fingerprint density at radius 3 is 2.59 bits per heavy atom. The molecule has 2 N–H and O–H groups in total. The molecular weight excluding hydrogens is 414 g/mol. The Bertz CT molecular complexity index is 924. The number of aromatic nitrogens is 2. The fraction of sp³-hybridized carbons (Fsp3) is 0.421. The summed E-state index contributed by atoms with van der Waals surface area (Å²) < 4.78 is 3.81. The van der Waals surface area contributed by atoms with E-state index in [1.165, 1.54) is 0 Å². The van der Waals surface area contributed by atoms with E-state index in [-0.39, 0.29) is 11.8 Å². The van der Waals surface area contributed by atoms with E-state index in [2.05, 4.69) is 20.2 Å². The summed E-state index contributed by atoms with van der Waals surface area (Å²) in [5, 5.41) is 9.67. The first-order valence-corrected chi connectivity index (χ1v) is 10.4. The molecular formula is C19H22ClN5O3S. The van der Waals surface area contributed by atoms with Crippen LogP contribution in [0.1, 0.15) is 33.8 Å². The van der Waals surface area contributed by atoms with Crippen LogP contribution in [0.3, 0.4) is 0 Å². The zero-order valence-corrected chi connectivity index (χ0v) is 17.8. The number of amides is 3. The molecule has 2 heterocycles. The molecule has 154 valence electrons. The molecule has 10 heteroatoms. The van der Waals surface area contributed by atoms with Crippen LogP contribution >= 0.6 is 23.1 Å². The standard InChI is InChI=1S/C19H22ClN5O3S/c1-11-14(20)4-3-5-15(11)22-18(27)17(26)21-10-13-6-8-25(9-7-13)19(28)16-12(2)23-24-29-16/h3-5,13H,6-10H2,1-2H3,(H,21,26)(H,22,27). The minimum absolute atomic E-state index is 0.0451. The average Bonchev–Trinajstić information content (AvgIpc) is 3.15. The summed E-state index contributed by atoms with van der Waals surface area (Å²) in [5.41, 5.74) is 1.87. The zero-order chi connectivity index (χ0) is 21.0. The average molecular weight is 436 g/mol. The Morgan fingerprint density at radius 2 is 1.93 bits per heavy atom. The Labute approximate surface area is 177 Å². The number of anilines is 1. The van der Waals surface area contributed by atoms with Gasteiger partial charge >= 0.3 is 11.8 Å². The van der Waals surface area contributed by atoms with Gasteiger partial charge in [-0.1, -0.05) is 22.2 Å². The minimum Gasteiger partial charge on any atom is -0.348 e. The second kappa shape index (κ2) is 9.32. The molecule has 0 unspecified atom stereocenters. The number of carbonyl (C=O) groups excluding carboxylic acids is 3. The van der Waals surface area contributed by atoms with Gasteiger partial charge in [-0.2, -0.15) is 0 Å². The van der Waals surface area contributed by atoms with Gasteiger partial charge in [-0.3, -0.25) is 14.4 Å². The van der Waals surface area contributed by atoms with E-state index in [1.54, 1.807) is 36.9 Å². The van der Waals surface area contributed by atoms with E-state index in [0.29, 0.717) is 46.5 Å². The quantitative estimate of drug-likeness (QED) is 0.717. The van der Waals surface area contributed by atoms with Crippen molar-refractivity contribution in [1.29, 1.82) is 0 Å². The van der Waals surface area contributed by atoms with Crippen molar-refractivity contribution in [3.63, 3.8) is 0 Å². The molecule has 8 nitrogen and oxygen atoms in total. The molecule has 1 aromatic carbocycles. The SMILES string of the molecule is Cc1nnsc1C(=O)N1CCC(CNC(=O)C(=O)Nc2cccc(Cl)c2C)CC1. The van der Waals surface area contributed by atoms with Crippen LogP contribution in [0, 0.1) is 19.8 Å². The van der Waals surface area contributed by atoms with E-state index < -0.39 is 11.8 Å². The first-order valence-electron chi connectivity index (χ1n) is 9.29. The number of aryl methyl sites for hydroxylation is 1. The van der Waals surface area contributed by atoms with Crippen LogP contribution in [0.5, 0.6) is 0 Å². The highest BCUT2D eigenvalue weighted by atomic mass is 35.5. The van der Waals surface area contributed by atoms with E-state index >= 15 is 0 Å². The number of hydrogen-bond donors (Lipinski definition) is 2. The van der Waals surface area contributed by atoms with Crippen molar-refractivity contribution in [2.45, 2.75) is 26.7 Å². The van der Waals surface area contributed by atoms with Crippen LogP contribution in [-0.4, -0.2) is 51.8 Å². The fourth-order valence-corrected chi connectivity index (χ4v) is 3.95. The number of nitrogens with one attached hydrogen (secondary N) is 2. The topological polar surface area (TPSA) is 104 Å². The van der Waals surface area contributed by atoms with Crippen LogP contribution in [0.2, 0.25) is 5.02 Å². The number of benzene rings is 1. The zero-order valence-electron chi connectivity index (χ0n) is 16.2. The van der Waals surface area contributed by atoms with Crippen LogP contribution in [0.15, 0.2) is 18.2 Å². The van der Waals surface area contributed by atoms with Crippen LogP contribution in [0.4, 0.5) is 5.69 Å². The molecule has 0 spiro atoms. The second-order valence-electron chi connectivity index (χ2n) is 7.00. The van der Waals surface area contributed by atoms with Gasteiger partial charge in [0.15, 0.2) is 0 Å². The molecule has 0 radical (unpaired) electrons. The highest BCUT2D eigenvalue weighted by molar-refractivity contribution is 7.07. The van der Waals surface area contributed by atoms with Crippen molar-refractivity contribution in [2.75, 3.05) is 25.0 Å². The number of carbonyl (C=O) groups is 3. The summed E-state index contributed by atoms with van der Waals surface area (Å²) in [7, 11) is 0. The molecule has 29 heavy (non-hydrogen) atoms. The minimum atomic E-state index is -0.726. The summed E-state index contributed by atoms with van der Waals surface area (Å²) in [6.45, 7) is 5.14. The summed E-state index contributed by atoms with van der Waals surface area (Å²) in [4.78, 5) is 39.1. The van der Waals surface area contributed by atoms with Crippen LogP contribution in [-0.2, 0) is 9.59 Å². The molecule has 3 rings (SSSR count). The highest BCUT2D eigenvalue weighted by Crippen LogP contribution is 2.23. The molecule has 2 aromatic rings. The largest absolute Gasteiger partial charge is 0.348 e. The summed E-state index contributed by atoms with van der Waals surface area (Å²) in [6.07, 6.45) is 1.51. The number of hydrogen-bond acceptors (Lipinski definition) is 6. The van der Waals surface area contributed by atoms with Crippen molar-refractivity contribution in [3.8, 4) is 0 Å². The van der Waals surface area contributed by atoms with Crippen molar-refractivity contribution in [1.82, 2.24) is 19.8 Å². The van der Waals surface area contributed by atoms with Gasteiger partial charge in [0.2, 0.25) is 0 Å². The van der Waals surface area contributed by atoms with Gasteiger partial charge in [0.25, 0.3) is 5.91 Å². The Morgan fingerprint density at radius 1 is 1.21 bits per heavy atom. The second-order valence-corrected chi connectivity index (χ2v) is 8.16. The van der Waals surface area contributed by atoms with Gasteiger partial charge < -0.3 is 15.5 Å². The lowest BCUT2D eigenvalue weighted by Gasteiger charge is -2.31. The molecule has 1 saturated heterocycles. The number of rotatable bonds is 4. The predicted molar refractivity (Wildman–Crippen MR) is 111 cm³/mol. The van der Waals surface area contributed by atoms with Gasteiger partial charge in [0.05, 0.1) is 5.69 Å². The molecule has 0 aliphatic carbocycles. The summed E-state index contributed by atoms with van der Waals surface area (Å²) >= 11 is 7.14. The maximum atomic E-state index is 12.5. The Hall–Kier alpha value is -2.52. The summed E-state index contributed by atoms with van der Waals surface area (Å²) in [5.74, 6) is -1.24. The Balaban J connectivity index is 1.44. The van der Waals surface area contributed by atoms with E-state index in [0.717, 1.165) is 24.4 Å². The van der Waals surface area contributed by atoms with Gasteiger partial charge in [-0.05, 0) is 61.8 Å². The lowest BCUT2D eigenvalue weighted by Crippen LogP contribution is -2.43. The monoisotopic (exact) mass is 435 g/mol. The van der Waals surface area contributed by atoms with Gasteiger partial charge in [0.1, 0.15) is 4.88 Å². The fourth-order valence-electron chi connectivity index (χ4n) is 3.15. The number of likely N-dealkylation sites (tertiary alicyclic amines) is 1. The Kier molecular flexibility index (Phi) is 6.81. The third kappa shape index (κ3) is 5.10. The first-order chi connectivity index (χ1) is 13.9. The molecule has 1 aromatic heterocycles. The number of piperidine rings is 1. The van der Waals surface area contributed by atoms with E-state index in [9.17, 15) is 14.4 Å². The number of halogens is 1. The third-order valence-corrected chi connectivity index (χ3v) is 6.25. The van der Waals surface area contributed by atoms with Crippen molar-refractivity contribution in [3.05, 3.63) is 39.4 Å². The number of nitrogens with zero attached hydrogens (tertiary/aromatic N) is 3. The molecule has 1 aliphatic rings. The lowest BCUT2D eigenvalue weighted by atomic mass is 9.96. The molecule has 1 fully saturated rings. The summed E-state index contributed by atoms with van der Waals surface area (Å²) in [6, 6.07) is 5.12. The van der Waals surface area contributed by atoms with E-state index in [1.807, 2.05) is 0 Å². The van der Waals surface area contributed by atoms with Crippen molar-refractivity contribution >= 4 is 46.5 Å². The smallest absolute Gasteiger partial charge is 0.313 e. The van der Waals surface area contributed by atoms with Crippen molar-refractivity contribution < 1.29 is 14.4 Å². The van der Waals surface area contributed by atoms with Gasteiger partial charge in [0, 0.05) is 30.3 Å². The first kappa shape index (κ1) is 21.2. The third-order valence-electron chi connectivity index (χ3n) is 5.02. The molecule has 0 bridgehead atoms.